The molecule has 0 radical (unpaired) electrons. The first kappa shape index (κ1) is 12.2. The SMILES string of the molecule is N#Cc1cccn1Cc1cccc(C(F)(F)F)c1. The highest BCUT2D eigenvalue weighted by atomic mass is 19.4. The van der Waals surface area contributed by atoms with Crippen molar-refractivity contribution in [3.63, 3.8) is 0 Å². The minimum absolute atomic E-state index is 0.250. The molecule has 0 atom stereocenters. The number of halogens is 3. The summed E-state index contributed by atoms with van der Waals surface area (Å²) >= 11 is 0. The Labute approximate surface area is 102 Å². The lowest BCUT2D eigenvalue weighted by molar-refractivity contribution is -0.137. The smallest absolute Gasteiger partial charge is 0.335 e. The van der Waals surface area contributed by atoms with Gasteiger partial charge in [0.1, 0.15) is 11.8 Å². The lowest BCUT2D eigenvalue weighted by atomic mass is 10.1. The Morgan fingerprint density at radius 2 is 1.94 bits per heavy atom. The highest BCUT2D eigenvalue weighted by molar-refractivity contribution is 5.28. The van der Waals surface area contributed by atoms with Gasteiger partial charge in [0.2, 0.25) is 0 Å². The van der Waals surface area contributed by atoms with Gasteiger partial charge in [0.25, 0.3) is 0 Å². The molecule has 92 valence electrons. The van der Waals surface area contributed by atoms with Crippen LogP contribution in [0.2, 0.25) is 0 Å². The molecule has 1 aromatic carbocycles. The zero-order valence-corrected chi connectivity index (χ0v) is 9.28. The Hall–Kier alpha value is -2.22. The van der Waals surface area contributed by atoms with Crippen LogP contribution < -0.4 is 0 Å². The minimum atomic E-state index is -4.34. The lowest BCUT2D eigenvalue weighted by Gasteiger charge is -2.09. The maximum atomic E-state index is 12.5. The maximum absolute atomic E-state index is 12.5. The molecule has 5 heteroatoms. The van der Waals surface area contributed by atoms with Crippen molar-refractivity contribution in [2.24, 2.45) is 0 Å². The van der Waals surface area contributed by atoms with E-state index in [1.807, 2.05) is 6.07 Å². The van der Waals surface area contributed by atoms with Crippen molar-refractivity contribution in [3.8, 4) is 6.07 Å². The van der Waals surface area contributed by atoms with E-state index < -0.39 is 11.7 Å². The number of nitriles is 1. The van der Waals surface area contributed by atoms with Crippen LogP contribution in [0.25, 0.3) is 0 Å². The van der Waals surface area contributed by atoms with Crippen LogP contribution in [0.15, 0.2) is 42.6 Å². The van der Waals surface area contributed by atoms with Crippen molar-refractivity contribution in [1.82, 2.24) is 4.57 Å². The highest BCUT2D eigenvalue weighted by Gasteiger charge is 2.30. The Balaban J connectivity index is 2.28. The lowest BCUT2D eigenvalue weighted by Crippen LogP contribution is -2.07. The number of hydrogen-bond acceptors (Lipinski definition) is 1. The van der Waals surface area contributed by atoms with Gasteiger partial charge in [-0.25, -0.2) is 0 Å². The fourth-order valence-electron chi connectivity index (χ4n) is 1.70. The summed E-state index contributed by atoms with van der Waals surface area (Å²) in [7, 11) is 0. The van der Waals surface area contributed by atoms with Gasteiger partial charge in [-0.05, 0) is 29.8 Å². The Morgan fingerprint density at radius 1 is 1.17 bits per heavy atom. The molecule has 0 N–H and O–H groups in total. The average molecular weight is 250 g/mol. The van der Waals surface area contributed by atoms with Gasteiger partial charge in [-0.3, -0.25) is 0 Å². The van der Waals surface area contributed by atoms with Gasteiger partial charge in [-0.2, -0.15) is 18.4 Å². The van der Waals surface area contributed by atoms with E-state index >= 15 is 0 Å². The molecule has 0 unspecified atom stereocenters. The fraction of sp³-hybridized carbons (Fsp3) is 0.154. The molecule has 0 aliphatic carbocycles. The monoisotopic (exact) mass is 250 g/mol. The summed E-state index contributed by atoms with van der Waals surface area (Å²) in [6.07, 6.45) is -2.68. The molecule has 1 heterocycles. The van der Waals surface area contributed by atoms with Crippen LogP contribution in [0.1, 0.15) is 16.8 Å². The summed E-state index contributed by atoms with van der Waals surface area (Å²) in [5.74, 6) is 0. The van der Waals surface area contributed by atoms with Gasteiger partial charge in [-0.15, -0.1) is 0 Å². The second kappa shape index (κ2) is 4.57. The molecule has 1 aromatic heterocycles. The van der Waals surface area contributed by atoms with Crippen molar-refractivity contribution in [2.45, 2.75) is 12.7 Å². The predicted molar refractivity (Wildman–Crippen MR) is 59.7 cm³/mol. The molecule has 2 aromatic rings. The van der Waals surface area contributed by atoms with Gasteiger partial charge < -0.3 is 4.57 Å². The van der Waals surface area contributed by atoms with Crippen LogP contribution in [-0.2, 0) is 12.7 Å². The second-order valence-electron chi connectivity index (χ2n) is 3.83. The number of benzene rings is 1. The summed E-state index contributed by atoms with van der Waals surface area (Å²) < 4.78 is 39.2. The highest BCUT2D eigenvalue weighted by Crippen LogP contribution is 2.29. The molecule has 0 saturated heterocycles. The summed E-state index contributed by atoms with van der Waals surface area (Å²) in [6, 6.07) is 10.4. The van der Waals surface area contributed by atoms with E-state index in [1.165, 1.54) is 6.07 Å². The van der Waals surface area contributed by atoms with Gasteiger partial charge >= 0.3 is 6.18 Å². The van der Waals surface area contributed by atoms with Gasteiger partial charge in [0.15, 0.2) is 0 Å². The fourth-order valence-corrected chi connectivity index (χ4v) is 1.70. The number of nitrogens with zero attached hydrogens (tertiary/aromatic N) is 2. The van der Waals surface area contributed by atoms with E-state index in [9.17, 15) is 13.2 Å². The zero-order chi connectivity index (χ0) is 13.2. The Kier molecular flexibility index (Phi) is 3.11. The molecule has 0 saturated carbocycles. The van der Waals surface area contributed by atoms with Gasteiger partial charge in [0, 0.05) is 12.7 Å². The van der Waals surface area contributed by atoms with Crippen LogP contribution >= 0.6 is 0 Å². The van der Waals surface area contributed by atoms with Crippen LogP contribution in [0, 0.1) is 11.3 Å². The van der Waals surface area contributed by atoms with Crippen LogP contribution in [0.4, 0.5) is 13.2 Å². The zero-order valence-electron chi connectivity index (χ0n) is 9.28. The summed E-state index contributed by atoms with van der Waals surface area (Å²) in [6.45, 7) is 0.250. The van der Waals surface area contributed by atoms with E-state index in [1.54, 1.807) is 29.0 Å². The molecular weight excluding hydrogens is 241 g/mol. The van der Waals surface area contributed by atoms with Crippen molar-refractivity contribution in [1.29, 1.82) is 5.26 Å². The first-order valence-electron chi connectivity index (χ1n) is 5.22. The van der Waals surface area contributed by atoms with Crippen molar-refractivity contribution >= 4 is 0 Å². The van der Waals surface area contributed by atoms with E-state index in [-0.39, 0.29) is 6.54 Å². The summed E-state index contributed by atoms with van der Waals surface area (Å²) in [5.41, 5.74) is 0.260. The van der Waals surface area contributed by atoms with E-state index in [0.717, 1.165) is 12.1 Å². The molecule has 0 amide bonds. The quantitative estimate of drug-likeness (QED) is 0.802. The van der Waals surface area contributed by atoms with E-state index in [2.05, 4.69) is 0 Å². The van der Waals surface area contributed by atoms with Crippen molar-refractivity contribution in [3.05, 3.63) is 59.4 Å². The summed E-state index contributed by atoms with van der Waals surface area (Å²) in [5, 5.41) is 8.82. The maximum Gasteiger partial charge on any atom is 0.416 e. The topological polar surface area (TPSA) is 28.7 Å². The number of aromatic nitrogens is 1. The molecule has 0 aliphatic heterocycles. The summed E-state index contributed by atoms with van der Waals surface area (Å²) in [4.78, 5) is 0. The average Bonchev–Trinajstić information content (AvgIpc) is 2.75. The van der Waals surface area contributed by atoms with Crippen molar-refractivity contribution < 1.29 is 13.2 Å². The third-order valence-electron chi connectivity index (χ3n) is 2.55. The van der Waals surface area contributed by atoms with Gasteiger partial charge in [0.05, 0.1) is 5.56 Å². The molecule has 2 nitrogen and oxygen atoms in total. The number of alkyl halides is 3. The predicted octanol–water partition coefficient (Wildman–Crippen LogP) is 3.43. The molecule has 2 rings (SSSR count). The third kappa shape index (κ3) is 2.54. The standard InChI is InChI=1S/C13H9F3N2/c14-13(15,16)11-4-1-3-10(7-11)9-18-6-2-5-12(18)8-17/h1-7H,9H2. The third-order valence-corrected chi connectivity index (χ3v) is 2.55. The largest absolute Gasteiger partial charge is 0.416 e. The Bertz CT molecular complexity index is 591. The molecule has 0 bridgehead atoms. The first-order valence-corrected chi connectivity index (χ1v) is 5.22. The van der Waals surface area contributed by atoms with E-state index in [0.29, 0.717) is 11.3 Å². The minimum Gasteiger partial charge on any atom is -0.335 e. The number of hydrogen-bond donors (Lipinski definition) is 0. The molecule has 0 aliphatic rings. The first-order chi connectivity index (χ1) is 8.50. The molecule has 0 fully saturated rings. The second-order valence-corrected chi connectivity index (χ2v) is 3.83. The molecule has 0 spiro atoms. The Morgan fingerprint density at radius 3 is 2.61 bits per heavy atom. The normalized spacial score (nSPS) is 11.2. The molecule has 18 heavy (non-hydrogen) atoms. The van der Waals surface area contributed by atoms with Crippen molar-refractivity contribution in [2.75, 3.05) is 0 Å². The van der Waals surface area contributed by atoms with Gasteiger partial charge in [-0.1, -0.05) is 12.1 Å². The van der Waals surface area contributed by atoms with E-state index in [4.69, 9.17) is 5.26 Å². The molecular formula is C13H9F3N2. The van der Waals surface area contributed by atoms with Crippen LogP contribution in [0.5, 0.6) is 0 Å². The van der Waals surface area contributed by atoms with Crippen LogP contribution in [-0.4, -0.2) is 4.57 Å². The van der Waals surface area contributed by atoms with Crippen LogP contribution in [0.3, 0.4) is 0 Å². The number of rotatable bonds is 2.